The van der Waals surface area contributed by atoms with Crippen molar-refractivity contribution in [3.63, 3.8) is 0 Å². The average molecular weight is 1290 g/mol. The molecule has 12 nitrogen and oxygen atoms in total. The molecule has 0 unspecified atom stereocenters. The van der Waals surface area contributed by atoms with Gasteiger partial charge in [-0.1, -0.05) is 279 Å². The van der Waals surface area contributed by atoms with Gasteiger partial charge in [0.05, 0.1) is 0 Å². The Labute approximate surface area is 566 Å². The van der Waals surface area contributed by atoms with E-state index in [0.29, 0.717) is 77.9 Å². The summed E-state index contributed by atoms with van der Waals surface area (Å²) in [6.07, 6.45) is 0. The van der Waals surface area contributed by atoms with E-state index in [0.717, 1.165) is 54.9 Å². The summed E-state index contributed by atoms with van der Waals surface area (Å²) in [4.78, 5) is 26.9. The van der Waals surface area contributed by atoms with E-state index in [-0.39, 0.29) is 62.6 Å². The van der Waals surface area contributed by atoms with Crippen molar-refractivity contribution in [1.29, 1.82) is 0 Å². The third-order valence-corrected chi connectivity index (χ3v) is 17.0. The van der Waals surface area contributed by atoms with E-state index >= 15 is 0 Å². The zero-order valence-electron chi connectivity index (χ0n) is 53.3. The van der Waals surface area contributed by atoms with Crippen LogP contribution >= 0.6 is 0 Å². The van der Waals surface area contributed by atoms with Gasteiger partial charge in [0, 0.05) is 33.4 Å². The van der Waals surface area contributed by atoms with E-state index in [4.69, 9.17) is 37.9 Å². The van der Waals surface area contributed by atoms with Crippen LogP contribution in [0.2, 0.25) is 0 Å². The molecule has 98 heavy (non-hydrogen) atoms. The fourth-order valence-corrected chi connectivity index (χ4v) is 12.6. The highest BCUT2D eigenvalue weighted by Crippen LogP contribution is 2.62. The summed E-state index contributed by atoms with van der Waals surface area (Å²) >= 11 is 0. The number of ether oxygens (including phenoxy) is 8. The predicted molar refractivity (Wildman–Crippen MR) is 384 cm³/mol. The lowest BCUT2D eigenvalue weighted by molar-refractivity contribution is -0.140. The van der Waals surface area contributed by atoms with Crippen molar-refractivity contribution in [2.75, 3.05) is 13.2 Å². The number of aliphatic carboxylic acids is 2. The molecule has 0 aliphatic carbocycles. The summed E-state index contributed by atoms with van der Waals surface area (Å²) in [5.41, 5.74) is 8.04. The molecule has 14 rings (SSSR count). The van der Waals surface area contributed by atoms with Crippen molar-refractivity contribution in [2.24, 2.45) is 0 Å². The molecule has 0 bridgehead atoms. The molecule has 0 amide bonds. The van der Waals surface area contributed by atoms with Gasteiger partial charge in [-0.2, -0.15) is 0 Å². The SMILES string of the molecule is O=C(O)COc1c(OCc2ccccc2)c(-c2c(OCc3ccccc3)c(OCc3ccccc3)cc3ccccc23)c2ccccc2c1-c1c(OCC(=O)O)c(OCc2ccccc2)c(-c2c(OCc3ccccc3)c(OCc3ccccc3)cc3ccccc23)c2ccccc12. The first kappa shape index (κ1) is 62.9. The van der Waals surface area contributed by atoms with Crippen LogP contribution in [0, 0.1) is 0 Å². The number of carbonyl (C=O) groups is 2. The quantitative estimate of drug-likeness (QED) is 0.0505. The van der Waals surface area contributed by atoms with Gasteiger partial charge in [-0.15, -0.1) is 0 Å². The van der Waals surface area contributed by atoms with Crippen molar-refractivity contribution in [3.8, 4) is 79.4 Å². The average Bonchev–Trinajstić information content (AvgIpc) is 0.709. The molecule has 0 heterocycles. The highest BCUT2D eigenvalue weighted by molar-refractivity contribution is 6.22. The van der Waals surface area contributed by atoms with Gasteiger partial charge in [0.15, 0.2) is 59.2 Å². The summed E-state index contributed by atoms with van der Waals surface area (Å²) in [5.74, 6) is -0.582. The second-order valence-electron chi connectivity index (χ2n) is 23.5. The smallest absolute Gasteiger partial charge is 0.341 e. The van der Waals surface area contributed by atoms with E-state index in [1.165, 1.54) is 0 Å². The summed E-state index contributed by atoms with van der Waals surface area (Å²) in [6, 6.07) is 94.3. The molecule has 0 spiro atoms. The molecule has 0 aromatic heterocycles. The number of carboxylic acid groups (broad SMARTS) is 2. The predicted octanol–water partition coefficient (Wildman–Crippen LogP) is 19.7. The van der Waals surface area contributed by atoms with Crippen LogP contribution < -0.4 is 37.9 Å². The van der Waals surface area contributed by atoms with Crippen molar-refractivity contribution >= 4 is 55.0 Å². The van der Waals surface area contributed by atoms with Crippen molar-refractivity contribution in [1.82, 2.24) is 0 Å². The van der Waals surface area contributed by atoms with Gasteiger partial charge in [-0.05, 0) is 88.6 Å². The zero-order chi connectivity index (χ0) is 66.6. The van der Waals surface area contributed by atoms with Crippen molar-refractivity contribution in [2.45, 2.75) is 39.6 Å². The maximum Gasteiger partial charge on any atom is 0.341 e. The van der Waals surface area contributed by atoms with Crippen LogP contribution in [0.25, 0.3) is 76.5 Å². The highest BCUT2D eigenvalue weighted by atomic mass is 16.5. The van der Waals surface area contributed by atoms with Gasteiger partial charge >= 0.3 is 11.9 Å². The second-order valence-corrected chi connectivity index (χ2v) is 23.5. The standard InChI is InChI=1S/C86H66O12/c87-73(88)55-97-85-79(69-45-25-23-43-67(69)77(83(85)95-53-61-35-15-5-16-36-61)75-65-41-21-19-39-63(65)47-71(91-49-57-27-7-1-8-28-57)81(75)93-51-59-31-11-3-12-32-59)80-70-46-26-24-44-68(70)78(84(86(80)98-56-74(89)90)96-54-62-37-17-6-18-38-62)76-66-42-22-20-40-64(66)48-72(92-50-58-29-9-2-10-30-58)82(76)94-52-60-33-13-4-14-34-60/h1-48H,49-56H2,(H,87,88)(H,89,90). The van der Waals surface area contributed by atoms with Crippen LogP contribution in [0.5, 0.6) is 46.0 Å². The number of hydrogen-bond donors (Lipinski definition) is 2. The van der Waals surface area contributed by atoms with Crippen LogP contribution in [-0.2, 0) is 49.2 Å². The molecule has 482 valence electrons. The van der Waals surface area contributed by atoms with Gasteiger partial charge in [0.25, 0.3) is 0 Å². The lowest BCUT2D eigenvalue weighted by Crippen LogP contribution is -2.14. The topological polar surface area (TPSA) is 148 Å². The van der Waals surface area contributed by atoms with Gasteiger partial charge < -0.3 is 48.1 Å². The lowest BCUT2D eigenvalue weighted by Gasteiger charge is -2.28. The molecule has 0 aliphatic rings. The Morgan fingerprint density at radius 3 is 0.694 bits per heavy atom. The minimum Gasteiger partial charge on any atom is -0.485 e. The molecular formula is C86H66O12. The van der Waals surface area contributed by atoms with E-state index < -0.39 is 25.2 Å². The van der Waals surface area contributed by atoms with Crippen LogP contribution in [-0.4, -0.2) is 35.4 Å². The Balaban J connectivity index is 1.13. The highest BCUT2D eigenvalue weighted by Gasteiger charge is 2.36. The summed E-state index contributed by atoms with van der Waals surface area (Å²) in [7, 11) is 0. The maximum absolute atomic E-state index is 13.4. The fourth-order valence-electron chi connectivity index (χ4n) is 12.6. The Morgan fingerprint density at radius 2 is 0.429 bits per heavy atom. The van der Waals surface area contributed by atoms with E-state index in [9.17, 15) is 19.8 Å². The minimum atomic E-state index is -1.27. The number of fused-ring (bicyclic) bond motifs is 4. The maximum atomic E-state index is 13.4. The molecule has 0 fully saturated rings. The molecule has 14 aromatic carbocycles. The first-order valence-corrected chi connectivity index (χ1v) is 32.3. The fraction of sp³-hybridized carbons (Fsp3) is 0.0930. The molecule has 0 saturated heterocycles. The van der Waals surface area contributed by atoms with Gasteiger partial charge in [-0.25, -0.2) is 9.59 Å². The monoisotopic (exact) mass is 1290 g/mol. The molecule has 14 aromatic rings. The van der Waals surface area contributed by atoms with Crippen LogP contribution in [0.1, 0.15) is 33.4 Å². The number of hydrogen-bond acceptors (Lipinski definition) is 10. The lowest BCUT2D eigenvalue weighted by atomic mass is 9.83. The number of benzene rings is 14. The third-order valence-electron chi connectivity index (χ3n) is 17.0. The zero-order valence-corrected chi connectivity index (χ0v) is 53.3. The number of rotatable bonds is 27. The molecular weight excluding hydrogens is 1220 g/mol. The van der Waals surface area contributed by atoms with Gasteiger partial charge in [0.1, 0.15) is 39.6 Å². The van der Waals surface area contributed by atoms with Gasteiger partial charge in [0.2, 0.25) is 0 Å². The summed E-state index contributed by atoms with van der Waals surface area (Å²) in [5, 5.41) is 27.4. The Bertz CT molecular complexity index is 4820. The number of carboxylic acids is 2. The molecule has 2 N–H and O–H groups in total. The Morgan fingerprint density at radius 1 is 0.224 bits per heavy atom. The first-order chi connectivity index (χ1) is 48.3. The van der Waals surface area contributed by atoms with Crippen molar-refractivity contribution in [3.05, 3.63) is 325 Å². The van der Waals surface area contributed by atoms with Crippen LogP contribution in [0.3, 0.4) is 0 Å². The normalized spacial score (nSPS) is 11.1. The summed E-state index contributed by atoms with van der Waals surface area (Å²) in [6.45, 7) is -1.06. The minimum absolute atomic E-state index is 0.00598. The molecule has 12 heteroatoms. The molecule has 0 atom stereocenters. The first-order valence-electron chi connectivity index (χ1n) is 32.3. The third kappa shape index (κ3) is 13.7. The molecule has 0 saturated carbocycles. The van der Waals surface area contributed by atoms with Gasteiger partial charge in [-0.3, -0.25) is 0 Å². The van der Waals surface area contributed by atoms with E-state index in [1.54, 1.807) is 0 Å². The Kier molecular flexibility index (Phi) is 18.9. The van der Waals surface area contributed by atoms with Crippen molar-refractivity contribution < 1.29 is 57.7 Å². The summed E-state index contributed by atoms with van der Waals surface area (Å²) < 4.78 is 57.0. The Hall–Kier alpha value is -12.5. The van der Waals surface area contributed by atoms with Crippen LogP contribution in [0.4, 0.5) is 0 Å². The van der Waals surface area contributed by atoms with E-state index in [1.807, 2.05) is 291 Å². The molecule has 0 radical (unpaired) electrons. The molecule has 0 aliphatic heterocycles. The van der Waals surface area contributed by atoms with E-state index in [2.05, 4.69) is 0 Å². The second kappa shape index (κ2) is 29.4. The largest absolute Gasteiger partial charge is 0.485 e. The van der Waals surface area contributed by atoms with Crippen LogP contribution in [0.15, 0.2) is 291 Å².